The quantitative estimate of drug-likeness (QED) is 0.171. The summed E-state index contributed by atoms with van der Waals surface area (Å²) in [4.78, 5) is 6.64. The molecule has 1 nitrogen and oxygen atoms in total. The Morgan fingerprint density at radius 3 is 1.45 bits per heavy atom. The molecule has 0 bridgehead atoms. The molecule has 58 heavy (non-hydrogen) atoms. The molecular weight excluding hydrogens is 719 g/mol. The molecule has 8 aromatic carbocycles. The summed E-state index contributed by atoms with van der Waals surface area (Å²) in [6, 6.07) is 77.7. The molecule has 2 aliphatic carbocycles. The maximum absolute atomic E-state index is 5.20. The maximum Gasteiger partial charge on any atom is 0.0819 e. The van der Waals surface area contributed by atoms with Gasteiger partial charge in [-0.2, -0.15) is 0 Å². The second-order valence-electron chi connectivity index (χ2n) is 15.4. The van der Waals surface area contributed by atoms with E-state index < -0.39 is 0 Å². The van der Waals surface area contributed by atoms with Gasteiger partial charge in [0.1, 0.15) is 0 Å². The normalized spacial score (nSPS) is 13.0. The Bertz CT molecular complexity index is 3150. The first-order chi connectivity index (χ1) is 28.7. The van der Waals surface area contributed by atoms with Gasteiger partial charge in [-0.25, -0.2) is 4.98 Å². The molecule has 0 saturated heterocycles. The van der Waals surface area contributed by atoms with Crippen molar-refractivity contribution in [1.29, 1.82) is 0 Å². The number of pyridine rings is 1. The molecule has 0 unspecified atom stereocenters. The zero-order valence-corrected chi connectivity index (χ0v) is 32.4. The first-order valence-corrected chi connectivity index (χ1v) is 20.8. The molecule has 270 valence electrons. The summed E-state index contributed by atoms with van der Waals surface area (Å²) in [5.41, 5.74) is 20.4. The minimum absolute atomic E-state index is 0.363. The number of fused-ring (bicyclic) bond motifs is 12. The largest absolute Gasteiger partial charge is 0.248 e. The lowest BCUT2D eigenvalue weighted by Gasteiger charge is -2.29. The van der Waals surface area contributed by atoms with Crippen molar-refractivity contribution in [3.05, 3.63) is 234 Å². The number of hydrogen-bond acceptors (Lipinski definition) is 2. The minimum Gasteiger partial charge on any atom is -0.248 e. The van der Waals surface area contributed by atoms with Crippen molar-refractivity contribution in [2.45, 2.75) is 5.41 Å². The standard InChI is InChI=1S/C56H35NS/c1-3-13-36(14-4-1)37-27-29-41(30-28-37)52-35-43(34-51(57-52)40-15-5-2-6-16-40)39-25-23-38(24-26-39)42-31-32-46-50(33-42)56(55-54(46)47-19-9-12-22-53(47)58-55)48-20-10-7-17-44(48)45-18-8-11-21-49(45)56/h1-35H. The third-order valence-corrected chi connectivity index (χ3v) is 13.6. The summed E-state index contributed by atoms with van der Waals surface area (Å²) in [6.07, 6.45) is 0. The molecule has 0 fully saturated rings. The zero-order valence-electron chi connectivity index (χ0n) is 31.6. The van der Waals surface area contributed by atoms with Gasteiger partial charge in [0.15, 0.2) is 0 Å². The summed E-state index contributed by atoms with van der Waals surface area (Å²) >= 11 is 1.96. The van der Waals surface area contributed by atoms with Crippen LogP contribution in [-0.4, -0.2) is 4.98 Å². The fraction of sp³-hybridized carbons (Fsp3) is 0.0179. The highest BCUT2D eigenvalue weighted by atomic mass is 32.1. The summed E-state index contributed by atoms with van der Waals surface area (Å²) in [5.74, 6) is 0. The van der Waals surface area contributed by atoms with Crippen molar-refractivity contribution in [2.24, 2.45) is 0 Å². The molecule has 0 radical (unpaired) electrons. The van der Waals surface area contributed by atoms with Crippen molar-refractivity contribution in [2.75, 3.05) is 0 Å². The lowest BCUT2D eigenvalue weighted by molar-refractivity contribution is 0.812. The SMILES string of the molecule is c1ccc(-c2ccc(-c3cc(-c4ccc(-c5ccc6c(c5)C5(c7ccccc7-c7ccccc75)c5sc7ccccc7c5-6)cc4)cc(-c4ccccc4)n3)cc2)cc1. The number of aromatic nitrogens is 1. The number of thiophene rings is 1. The lowest BCUT2D eigenvalue weighted by atomic mass is 9.73. The van der Waals surface area contributed by atoms with Gasteiger partial charge in [-0.1, -0.05) is 188 Å². The minimum atomic E-state index is -0.363. The fourth-order valence-electron chi connectivity index (χ4n) is 9.64. The number of rotatable bonds is 5. The van der Waals surface area contributed by atoms with Crippen LogP contribution in [0.25, 0.3) is 88.2 Å². The van der Waals surface area contributed by atoms with Crippen LogP contribution >= 0.6 is 11.3 Å². The molecule has 2 heterocycles. The van der Waals surface area contributed by atoms with Gasteiger partial charge in [-0.3, -0.25) is 0 Å². The summed E-state index contributed by atoms with van der Waals surface area (Å²) in [6.45, 7) is 0. The topological polar surface area (TPSA) is 12.9 Å². The molecular formula is C56H35NS. The second-order valence-corrected chi connectivity index (χ2v) is 16.5. The monoisotopic (exact) mass is 753 g/mol. The van der Waals surface area contributed by atoms with Gasteiger partial charge in [-0.05, 0) is 91.0 Å². The van der Waals surface area contributed by atoms with Crippen molar-refractivity contribution < 1.29 is 0 Å². The van der Waals surface area contributed by atoms with E-state index >= 15 is 0 Å². The van der Waals surface area contributed by atoms with Gasteiger partial charge in [-0.15, -0.1) is 11.3 Å². The maximum atomic E-state index is 5.20. The van der Waals surface area contributed by atoms with Crippen molar-refractivity contribution in [3.8, 4) is 78.1 Å². The third-order valence-electron chi connectivity index (χ3n) is 12.3. The van der Waals surface area contributed by atoms with Crippen LogP contribution in [0.4, 0.5) is 0 Å². The second kappa shape index (κ2) is 13.0. The molecule has 0 aliphatic heterocycles. The first-order valence-electron chi connectivity index (χ1n) is 19.9. The highest BCUT2D eigenvalue weighted by Crippen LogP contribution is 2.66. The van der Waals surface area contributed by atoms with E-state index in [1.165, 1.54) is 76.2 Å². The van der Waals surface area contributed by atoms with E-state index in [4.69, 9.17) is 4.98 Å². The molecule has 10 aromatic rings. The summed E-state index contributed by atoms with van der Waals surface area (Å²) < 4.78 is 1.35. The van der Waals surface area contributed by atoms with Gasteiger partial charge < -0.3 is 0 Å². The fourth-order valence-corrected chi connectivity index (χ4v) is 11.1. The van der Waals surface area contributed by atoms with E-state index in [1.54, 1.807) is 0 Å². The van der Waals surface area contributed by atoms with Gasteiger partial charge in [0.25, 0.3) is 0 Å². The van der Waals surface area contributed by atoms with Gasteiger partial charge >= 0.3 is 0 Å². The predicted molar refractivity (Wildman–Crippen MR) is 243 cm³/mol. The Kier molecular flexibility index (Phi) is 7.38. The van der Waals surface area contributed by atoms with E-state index in [9.17, 15) is 0 Å². The van der Waals surface area contributed by atoms with Crippen LogP contribution in [0.2, 0.25) is 0 Å². The Morgan fingerprint density at radius 1 is 0.328 bits per heavy atom. The van der Waals surface area contributed by atoms with Crippen LogP contribution in [-0.2, 0) is 5.41 Å². The van der Waals surface area contributed by atoms with E-state index in [0.29, 0.717) is 0 Å². The first kappa shape index (κ1) is 33.1. The highest BCUT2D eigenvalue weighted by molar-refractivity contribution is 7.20. The van der Waals surface area contributed by atoms with Gasteiger partial charge in [0, 0.05) is 31.7 Å². The number of hydrogen-bond donors (Lipinski definition) is 0. The zero-order chi connectivity index (χ0) is 38.2. The molecule has 0 amide bonds. The molecule has 2 heteroatoms. The van der Waals surface area contributed by atoms with E-state index in [-0.39, 0.29) is 5.41 Å². The molecule has 2 aliphatic rings. The van der Waals surface area contributed by atoms with Crippen molar-refractivity contribution >= 4 is 21.4 Å². The van der Waals surface area contributed by atoms with Crippen molar-refractivity contribution in [3.63, 3.8) is 0 Å². The predicted octanol–water partition coefficient (Wildman–Crippen LogP) is 15.0. The molecule has 0 N–H and O–H groups in total. The average molecular weight is 754 g/mol. The Balaban J connectivity index is 0.974. The van der Waals surface area contributed by atoms with E-state index in [1.807, 2.05) is 11.3 Å². The Hall–Kier alpha value is -7.13. The van der Waals surface area contributed by atoms with Crippen LogP contribution in [0.3, 0.4) is 0 Å². The van der Waals surface area contributed by atoms with Gasteiger partial charge in [0.2, 0.25) is 0 Å². The Labute approximate surface area is 342 Å². The number of nitrogens with zero attached hydrogens (tertiary/aromatic N) is 1. The molecule has 12 rings (SSSR count). The Morgan fingerprint density at radius 2 is 0.793 bits per heavy atom. The molecule has 1 spiro atoms. The average Bonchev–Trinajstić information content (AvgIpc) is 3.93. The van der Waals surface area contributed by atoms with Gasteiger partial charge in [0.05, 0.1) is 16.8 Å². The van der Waals surface area contributed by atoms with Crippen LogP contribution in [0.5, 0.6) is 0 Å². The molecule has 0 atom stereocenters. The van der Waals surface area contributed by atoms with Crippen LogP contribution in [0.15, 0.2) is 212 Å². The third kappa shape index (κ3) is 4.92. The van der Waals surface area contributed by atoms with Crippen molar-refractivity contribution in [1.82, 2.24) is 4.98 Å². The highest BCUT2D eigenvalue weighted by Gasteiger charge is 2.53. The smallest absolute Gasteiger partial charge is 0.0819 e. The summed E-state index contributed by atoms with van der Waals surface area (Å²) in [7, 11) is 0. The van der Waals surface area contributed by atoms with Crippen LogP contribution in [0, 0.1) is 0 Å². The summed E-state index contributed by atoms with van der Waals surface area (Å²) in [5, 5.41) is 1.35. The van der Waals surface area contributed by atoms with Crippen LogP contribution < -0.4 is 0 Å². The lowest BCUT2D eigenvalue weighted by Crippen LogP contribution is -2.24. The molecule has 2 aromatic heterocycles. The number of benzene rings is 8. The van der Waals surface area contributed by atoms with E-state index in [2.05, 4.69) is 212 Å². The van der Waals surface area contributed by atoms with Crippen LogP contribution in [0.1, 0.15) is 21.6 Å². The molecule has 0 saturated carbocycles. The van der Waals surface area contributed by atoms with E-state index in [0.717, 1.165) is 33.6 Å².